The van der Waals surface area contributed by atoms with Gasteiger partial charge in [0.2, 0.25) is 5.91 Å². The van der Waals surface area contributed by atoms with E-state index >= 15 is 0 Å². The van der Waals surface area contributed by atoms with Crippen molar-refractivity contribution >= 4 is 16.3 Å². The fourth-order valence-electron chi connectivity index (χ4n) is 6.99. The second-order valence-electron chi connectivity index (χ2n) is 15.6. The first-order valence-corrected chi connectivity index (χ1v) is 23.6. The maximum absolute atomic E-state index is 12.9. The number of aliphatic hydroxyl groups is 4. The Morgan fingerprint density at radius 1 is 0.696 bits per heavy atom. The van der Waals surface area contributed by atoms with E-state index in [1.54, 1.807) is 6.08 Å². The molecule has 0 aliphatic carbocycles. The van der Waals surface area contributed by atoms with Crippen molar-refractivity contribution in [3.05, 3.63) is 24.3 Å². The lowest BCUT2D eigenvalue weighted by Gasteiger charge is -2.41. The van der Waals surface area contributed by atoms with Crippen LogP contribution in [0.25, 0.3) is 0 Å². The summed E-state index contributed by atoms with van der Waals surface area (Å²) < 4.78 is 47.4. The Morgan fingerprint density at radius 2 is 1.14 bits per heavy atom. The van der Waals surface area contributed by atoms with Gasteiger partial charge in [0.25, 0.3) is 0 Å². The second-order valence-corrected chi connectivity index (χ2v) is 16.7. The maximum Gasteiger partial charge on any atom is 0.397 e. The predicted octanol–water partition coefficient (Wildman–Crippen LogP) is 8.16. The molecule has 0 bridgehead atoms. The number of aliphatic hydroxyl groups excluding tert-OH is 4. The number of allylic oxidation sites excluding steroid dienone is 3. The molecule has 0 aromatic rings. The number of hydrogen-bond acceptors (Lipinski definition) is 10. The molecule has 6 N–H and O–H groups in total. The molecule has 0 radical (unpaired) electrons. The van der Waals surface area contributed by atoms with Crippen LogP contribution in [0.1, 0.15) is 187 Å². The SMILES string of the molecule is CCCCCC/C=C\CCCC(=O)NC(COC1OC(CO)C(O)C(OS(=O)(=O)O)C1O)C(O)/C=C/CCCCCCCCCCCCCCCCCCCC. The molecule has 12 nitrogen and oxygen atoms in total. The summed E-state index contributed by atoms with van der Waals surface area (Å²) >= 11 is 0. The average molecular weight is 820 g/mol. The minimum Gasteiger partial charge on any atom is -0.394 e. The highest BCUT2D eigenvalue weighted by Crippen LogP contribution is 2.26. The van der Waals surface area contributed by atoms with Crippen molar-refractivity contribution in [3.8, 4) is 0 Å². The topological polar surface area (TPSA) is 192 Å². The van der Waals surface area contributed by atoms with Crippen LogP contribution >= 0.6 is 0 Å². The summed E-state index contributed by atoms with van der Waals surface area (Å²) in [5.41, 5.74) is 0. The van der Waals surface area contributed by atoms with Crippen LogP contribution in [-0.2, 0) is 28.9 Å². The van der Waals surface area contributed by atoms with E-state index in [9.17, 15) is 33.6 Å². The molecule has 1 saturated heterocycles. The van der Waals surface area contributed by atoms with Crippen LogP contribution < -0.4 is 5.32 Å². The van der Waals surface area contributed by atoms with Gasteiger partial charge in [0.1, 0.15) is 24.4 Å². The number of unbranched alkanes of at least 4 members (excludes halogenated alkanes) is 23. The molecule has 330 valence electrons. The standard InChI is InChI=1S/C43H81NO11S/c1-3-5-7-9-11-13-14-15-16-17-18-19-20-21-22-23-25-26-28-30-32-37(46)36(44-39(47)33-31-29-27-24-12-10-8-6-4-2)35-53-43-41(49)42(55-56(50,51)52)40(48)38(34-45)54-43/h24,27,30,32,36-38,40-43,45-46,48-49H,3-23,25-26,28-29,31,33-35H2,1-2H3,(H,44,47)(H,50,51,52)/b27-24-,32-30+. The molecule has 0 spiro atoms. The minimum absolute atomic E-state index is 0.220. The number of nitrogens with one attached hydrogen (secondary N) is 1. The number of hydrogen-bond donors (Lipinski definition) is 6. The monoisotopic (exact) mass is 820 g/mol. The van der Waals surface area contributed by atoms with E-state index < -0.39 is 59.9 Å². The van der Waals surface area contributed by atoms with Crippen LogP contribution in [0.4, 0.5) is 0 Å². The molecule has 1 heterocycles. The molecular weight excluding hydrogens is 739 g/mol. The molecule has 7 atom stereocenters. The molecule has 0 aromatic carbocycles. The summed E-state index contributed by atoms with van der Waals surface area (Å²) in [6.07, 6.45) is 29.6. The van der Waals surface area contributed by atoms with Gasteiger partial charge in [-0.05, 0) is 38.5 Å². The van der Waals surface area contributed by atoms with Crippen LogP contribution in [0.5, 0.6) is 0 Å². The summed E-state index contributed by atoms with van der Waals surface area (Å²) in [7, 11) is -5.08. The van der Waals surface area contributed by atoms with Gasteiger partial charge in [-0.2, -0.15) is 8.42 Å². The summed E-state index contributed by atoms with van der Waals surface area (Å²) in [4.78, 5) is 12.9. The third-order valence-electron chi connectivity index (χ3n) is 10.5. The van der Waals surface area contributed by atoms with Crippen LogP contribution in [0.3, 0.4) is 0 Å². The van der Waals surface area contributed by atoms with Gasteiger partial charge in [-0.3, -0.25) is 9.35 Å². The first kappa shape index (κ1) is 52.6. The van der Waals surface area contributed by atoms with E-state index in [1.807, 2.05) is 6.08 Å². The van der Waals surface area contributed by atoms with Gasteiger partial charge in [-0.25, -0.2) is 4.18 Å². The third kappa shape index (κ3) is 27.3. The highest BCUT2D eigenvalue weighted by atomic mass is 32.3. The molecule has 1 aliphatic rings. The van der Waals surface area contributed by atoms with Crippen molar-refractivity contribution in [3.63, 3.8) is 0 Å². The van der Waals surface area contributed by atoms with Crippen molar-refractivity contribution in [1.29, 1.82) is 0 Å². The van der Waals surface area contributed by atoms with Gasteiger partial charge in [-0.1, -0.05) is 167 Å². The fraction of sp³-hybridized carbons (Fsp3) is 0.884. The van der Waals surface area contributed by atoms with Crippen LogP contribution in [0.2, 0.25) is 0 Å². The number of carbonyl (C=O) groups is 1. The van der Waals surface area contributed by atoms with Gasteiger partial charge < -0.3 is 35.2 Å². The number of carbonyl (C=O) groups excluding carboxylic acids is 1. The van der Waals surface area contributed by atoms with Crippen molar-refractivity contribution in [2.45, 2.75) is 230 Å². The normalized spacial score (nSPS) is 21.6. The molecule has 56 heavy (non-hydrogen) atoms. The van der Waals surface area contributed by atoms with Gasteiger partial charge in [-0.15, -0.1) is 0 Å². The van der Waals surface area contributed by atoms with Crippen molar-refractivity contribution in [1.82, 2.24) is 5.32 Å². The Bertz CT molecular complexity index is 1110. The fourth-order valence-corrected chi connectivity index (χ4v) is 7.50. The first-order valence-electron chi connectivity index (χ1n) is 22.2. The van der Waals surface area contributed by atoms with Crippen LogP contribution in [0, 0.1) is 0 Å². The number of rotatable bonds is 37. The van der Waals surface area contributed by atoms with Gasteiger partial charge in [0.15, 0.2) is 6.29 Å². The quantitative estimate of drug-likeness (QED) is 0.0201. The van der Waals surface area contributed by atoms with E-state index in [0.29, 0.717) is 6.42 Å². The molecular formula is C43H81NO11S. The Balaban J connectivity index is 2.50. The van der Waals surface area contributed by atoms with E-state index in [1.165, 1.54) is 122 Å². The van der Waals surface area contributed by atoms with Gasteiger partial charge in [0.05, 0.1) is 25.4 Å². The van der Waals surface area contributed by atoms with Crippen molar-refractivity contribution in [2.75, 3.05) is 13.2 Å². The average Bonchev–Trinajstić information content (AvgIpc) is 3.16. The maximum atomic E-state index is 12.9. The Labute approximate surface area is 340 Å². The minimum atomic E-state index is -5.08. The largest absolute Gasteiger partial charge is 0.397 e. The Kier molecular flexibility index (Phi) is 32.4. The number of ether oxygens (including phenoxy) is 2. The highest BCUT2D eigenvalue weighted by molar-refractivity contribution is 7.80. The Morgan fingerprint density at radius 3 is 1.62 bits per heavy atom. The number of amides is 1. The summed E-state index contributed by atoms with van der Waals surface area (Å²) in [5, 5.41) is 44.5. The lowest BCUT2D eigenvalue weighted by molar-refractivity contribution is -0.298. The summed E-state index contributed by atoms with van der Waals surface area (Å²) in [5.74, 6) is -0.299. The van der Waals surface area contributed by atoms with E-state index in [-0.39, 0.29) is 18.9 Å². The zero-order chi connectivity index (χ0) is 41.3. The summed E-state index contributed by atoms with van der Waals surface area (Å²) in [6, 6.07) is -0.954. The predicted molar refractivity (Wildman–Crippen MR) is 222 cm³/mol. The first-order chi connectivity index (χ1) is 27.0. The zero-order valence-electron chi connectivity index (χ0n) is 35.0. The van der Waals surface area contributed by atoms with E-state index in [0.717, 1.165) is 38.5 Å². The lowest BCUT2D eigenvalue weighted by Crippen LogP contribution is -2.61. The Hall–Kier alpha value is -1.42. The molecule has 0 aromatic heterocycles. The van der Waals surface area contributed by atoms with Crippen LogP contribution in [0.15, 0.2) is 24.3 Å². The third-order valence-corrected chi connectivity index (χ3v) is 10.9. The molecule has 1 amide bonds. The van der Waals surface area contributed by atoms with E-state index in [2.05, 4.69) is 35.5 Å². The van der Waals surface area contributed by atoms with Crippen molar-refractivity contribution < 1.29 is 51.8 Å². The molecule has 1 aliphatic heterocycles. The summed E-state index contributed by atoms with van der Waals surface area (Å²) in [6.45, 7) is 3.32. The molecule has 7 unspecified atom stereocenters. The smallest absolute Gasteiger partial charge is 0.394 e. The molecule has 13 heteroatoms. The van der Waals surface area contributed by atoms with Crippen LogP contribution in [-0.4, -0.2) is 95.4 Å². The second kappa shape index (κ2) is 34.4. The van der Waals surface area contributed by atoms with Crippen molar-refractivity contribution in [2.24, 2.45) is 0 Å². The zero-order valence-corrected chi connectivity index (χ0v) is 35.8. The van der Waals surface area contributed by atoms with E-state index in [4.69, 9.17) is 14.0 Å². The lowest BCUT2D eigenvalue weighted by atomic mass is 9.99. The molecule has 0 saturated carbocycles. The van der Waals surface area contributed by atoms with Gasteiger partial charge in [0, 0.05) is 6.42 Å². The molecule has 1 fully saturated rings. The highest BCUT2D eigenvalue weighted by Gasteiger charge is 2.48. The van der Waals surface area contributed by atoms with Gasteiger partial charge >= 0.3 is 10.4 Å². The molecule has 1 rings (SSSR count).